The van der Waals surface area contributed by atoms with E-state index in [2.05, 4.69) is 5.32 Å². The highest BCUT2D eigenvalue weighted by Gasteiger charge is 2.24. The topological polar surface area (TPSA) is 104 Å². The molecule has 2 aromatic rings. The van der Waals surface area contributed by atoms with Crippen molar-refractivity contribution in [2.45, 2.75) is 11.8 Å². The first-order valence-corrected chi connectivity index (χ1v) is 10.2. The Labute approximate surface area is 167 Å². The molecule has 2 rings (SSSR count). The normalized spacial score (nSPS) is 11.0. The van der Waals surface area contributed by atoms with Gasteiger partial charge in [-0.3, -0.25) is 9.59 Å². The molecule has 0 aliphatic heterocycles. The first-order valence-electron chi connectivity index (χ1n) is 7.21. The maximum atomic E-state index is 14.3. The Hall–Kier alpha value is -2.39. The van der Waals surface area contributed by atoms with E-state index in [9.17, 15) is 26.8 Å². The zero-order chi connectivity index (χ0) is 20.5. The Morgan fingerprint density at radius 2 is 1.85 bits per heavy atom. The van der Waals surface area contributed by atoms with Crippen molar-refractivity contribution >= 4 is 49.8 Å². The van der Waals surface area contributed by atoms with Gasteiger partial charge in [-0.15, -0.1) is 0 Å². The van der Waals surface area contributed by atoms with Crippen LogP contribution in [-0.4, -0.2) is 26.4 Å². The molecule has 0 fully saturated rings. The summed E-state index contributed by atoms with van der Waals surface area (Å²) in [5.41, 5.74) is -1.35. The number of sulfone groups is 1. The Morgan fingerprint density at radius 3 is 2.37 bits per heavy atom. The first kappa shape index (κ1) is 20.9. The summed E-state index contributed by atoms with van der Waals surface area (Å²) < 4.78 is 51.5. The van der Waals surface area contributed by atoms with E-state index >= 15 is 0 Å². The second kappa shape index (κ2) is 7.69. The second-order valence-electron chi connectivity index (χ2n) is 5.51. The van der Waals surface area contributed by atoms with E-state index in [1.807, 2.05) is 0 Å². The van der Waals surface area contributed by atoms with Gasteiger partial charge in [0.1, 0.15) is 5.82 Å². The van der Waals surface area contributed by atoms with Crippen LogP contribution in [0.4, 0.5) is 14.5 Å². The molecule has 1 amide bonds. The standard InChI is InChI=1S/C17H11F2IN2O4S/c1-8(23)14-12(6-11(18)16(20)15(14)19)22-17(24)10-5-9(7-21)3-4-13(10)27(2,25)26/h3-6H,1-2H3,(H,22,24). The van der Waals surface area contributed by atoms with E-state index in [0.29, 0.717) is 0 Å². The molecule has 10 heteroatoms. The number of hydrogen-bond donors (Lipinski definition) is 1. The van der Waals surface area contributed by atoms with Crippen molar-refractivity contribution in [1.29, 1.82) is 5.26 Å². The fraction of sp³-hybridized carbons (Fsp3) is 0.118. The minimum atomic E-state index is -3.83. The number of hydrogen-bond acceptors (Lipinski definition) is 5. The Balaban J connectivity index is 2.63. The summed E-state index contributed by atoms with van der Waals surface area (Å²) in [6, 6.07) is 5.89. The fourth-order valence-electron chi connectivity index (χ4n) is 2.33. The average Bonchev–Trinajstić information content (AvgIpc) is 2.58. The van der Waals surface area contributed by atoms with Gasteiger partial charge in [0, 0.05) is 6.26 Å². The van der Waals surface area contributed by atoms with Crippen LogP contribution < -0.4 is 5.32 Å². The predicted molar refractivity (Wildman–Crippen MR) is 101 cm³/mol. The summed E-state index contributed by atoms with van der Waals surface area (Å²) >= 11 is 1.38. The number of ketones is 1. The van der Waals surface area contributed by atoms with E-state index in [4.69, 9.17) is 5.26 Å². The molecular weight excluding hydrogens is 493 g/mol. The summed E-state index contributed by atoms with van der Waals surface area (Å²) in [4.78, 5) is 24.0. The first-order chi connectivity index (χ1) is 12.5. The number of halogens is 3. The van der Waals surface area contributed by atoms with Gasteiger partial charge < -0.3 is 5.32 Å². The number of carbonyl (C=O) groups excluding carboxylic acids is 2. The van der Waals surface area contributed by atoms with E-state index in [1.165, 1.54) is 28.7 Å². The molecule has 0 saturated heterocycles. The van der Waals surface area contributed by atoms with Crippen LogP contribution in [0.15, 0.2) is 29.2 Å². The number of nitriles is 1. The summed E-state index contributed by atoms with van der Waals surface area (Å²) in [7, 11) is -3.83. The molecule has 0 aromatic heterocycles. The van der Waals surface area contributed by atoms with E-state index < -0.39 is 48.0 Å². The van der Waals surface area contributed by atoms with Crippen LogP contribution in [0.1, 0.15) is 33.2 Å². The molecule has 0 unspecified atom stereocenters. The van der Waals surface area contributed by atoms with Crippen LogP contribution in [0.25, 0.3) is 0 Å². The van der Waals surface area contributed by atoms with E-state index in [-0.39, 0.29) is 16.0 Å². The van der Waals surface area contributed by atoms with Crippen molar-refractivity contribution in [3.63, 3.8) is 0 Å². The number of amides is 1. The number of rotatable bonds is 4. The van der Waals surface area contributed by atoms with Crippen LogP contribution in [0.5, 0.6) is 0 Å². The second-order valence-corrected chi connectivity index (χ2v) is 8.58. The lowest BCUT2D eigenvalue weighted by Crippen LogP contribution is -2.19. The zero-order valence-corrected chi connectivity index (χ0v) is 16.9. The molecule has 2 aromatic carbocycles. The minimum absolute atomic E-state index is 0.0133. The molecule has 140 valence electrons. The Bertz CT molecular complexity index is 1120. The van der Waals surface area contributed by atoms with Gasteiger partial charge in [-0.2, -0.15) is 5.26 Å². The van der Waals surface area contributed by atoms with Crippen LogP contribution >= 0.6 is 22.6 Å². The van der Waals surface area contributed by atoms with Gasteiger partial charge >= 0.3 is 0 Å². The molecular formula is C17H11F2IN2O4S. The lowest BCUT2D eigenvalue weighted by molar-refractivity contribution is 0.101. The lowest BCUT2D eigenvalue weighted by atomic mass is 10.1. The number of benzene rings is 2. The molecule has 0 radical (unpaired) electrons. The van der Waals surface area contributed by atoms with Crippen molar-refractivity contribution < 1.29 is 26.8 Å². The molecule has 0 heterocycles. The molecule has 0 aliphatic carbocycles. The molecule has 0 spiro atoms. The number of carbonyl (C=O) groups is 2. The summed E-state index contributed by atoms with van der Waals surface area (Å²) in [5.74, 6) is -3.92. The number of Topliss-reactive ketones (excluding diaryl/α,β-unsaturated/α-hetero) is 1. The van der Waals surface area contributed by atoms with Crippen molar-refractivity contribution in [3.8, 4) is 6.07 Å². The van der Waals surface area contributed by atoms with Crippen molar-refractivity contribution in [3.05, 3.63) is 56.2 Å². The molecule has 0 bridgehead atoms. The zero-order valence-electron chi connectivity index (χ0n) is 13.9. The summed E-state index contributed by atoms with van der Waals surface area (Å²) in [6.45, 7) is 1.04. The van der Waals surface area contributed by atoms with Crippen molar-refractivity contribution in [2.24, 2.45) is 0 Å². The van der Waals surface area contributed by atoms with E-state index in [0.717, 1.165) is 31.4 Å². The van der Waals surface area contributed by atoms with Crippen molar-refractivity contribution in [1.82, 2.24) is 0 Å². The third-order valence-electron chi connectivity index (χ3n) is 3.52. The largest absolute Gasteiger partial charge is 0.321 e. The van der Waals surface area contributed by atoms with Crippen LogP contribution in [-0.2, 0) is 9.84 Å². The Morgan fingerprint density at radius 1 is 1.22 bits per heavy atom. The molecule has 1 N–H and O–H groups in total. The maximum absolute atomic E-state index is 14.3. The number of anilines is 1. The molecule has 0 aliphatic rings. The maximum Gasteiger partial charge on any atom is 0.257 e. The smallest absolute Gasteiger partial charge is 0.257 e. The van der Waals surface area contributed by atoms with Gasteiger partial charge in [0.15, 0.2) is 21.4 Å². The number of nitrogens with zero attached hydrogens (tertiary/aromatic N) is 1. The summed E-state index contributed by atoms with van der Waals surface area (Å²) in [6.07, 6.45) is 0.871. The monoisotopic (exact) mass is 504 g/mol. The van der Waals surface area contributed by atoms with Gasteiger partial charge in [-0.1, -0.05) is 0 Å². The molecule has 0 atom stereocenters. The van der Waals surface area contributed by atoms with Gasteiger partial charge in [-0.05, 0) is 53.8 Å². The third-order valence-corrected chi connectivity index (χ3v) is 5.66. The molecule has 0 saturated carbocycles. The highest BCUT2D eigenvalue weighted by Crippen LogP contribution is 2.28. The van der Waals surface area contributed by atoms with E-state index in [1.54, 1.807) is 6.07 Å². The molecule has 27 heavy (non-hydrogen) atoms. The highest BCUT2D eigenvalue weighted by molar-refractivity contribution is 14.1. The summed E-state index contributed by atoms with van der Waals surface area (Å²) in [5, 5.41) is 11.1. The van der Waals surface area contributed by atoms with Gasteiger partial charge in [0.05, 0.1) is 36.9 Å². The van der Waals surface area contributed by atoms with Crippen LogP contribution in [0.2, 0.25) is 0 Å². The SMILES string of the molecule is CC(=O)c1c(NC(=O)c2cc(C#N)ccc2S(C)(=O)=O)cc(F)c(I)c1F. The van der Waals surface area contributed by atoms with Gasteiger partial charge in [0.2, 0.25) is 0 Å². The lowest BCUT2D eigenvalue weighted by Gasteiger charge is -2.13. The van der Waals surface area contributed by atoms with Crippen molar-refractivity contribution in [2.75, 3.05) is 11.6 Å². The molecule has 6 nitrogen and oxygen atoms in total. The highest BCUT2D eigenvalue weighted by atomic mass is 127. The van der Waals surface area contributed by atoms with Crippen LogP contribution in [0, 0.1) is 26.5 Å². The third kappa shape index (κ3) is 4.30. The number of nitrogens with one attached hydrogen (secondary N) is 1. The van der Waals surface area contributed by atoms with Gasteiger partial charge in [0.25, 0.3) is 5.91 Å². The quantitative estimate of drug-likeness (QED) is 0.391. The average molecular weight is 504 g/mol. The minimum Gasteiger partial charge on any atom is -0.321 e. The predicted octanol–water partition coefficient (Wildman–Crippen LogP) is 3.30. The Kier molecular flexibility index (Phi) is 5.96. The fourth-order valence-corrected chi connectivity index (χ4v) is 3.62. The van der Waals surface area contributed by atoms with Gasteiger partial charge in [-0.25, -0.2) is 17.2 Å². The van der Waals surface area contributed by atoms with Crippen LogP contribution in [0.3, 0.4) is 0 Å².